The van der Waals surface area contributed by atoms with E-state index in [0.717, 1.165) is 59.4 Å². The average molecular weight is 605 g/mol. The molecule has 6 nitrogen and oxygen atoms in total. The van der Waals surface area contributed by atoms with Crippen molar-refractivity contribution in [1.29, 1.82) is 0 Å². The molecule has 4 aromatic rings. The second-order valence-electron chi connectivity index (χ2n) is 12.2. The first-order chi connectivity index (χ1) is 22.2. The monoisotopic (exact) mass is 604 g/mol. The second kappa shape index (κ2) is 15.5. The van der Waals surface area contributed by atoms with Crippen LogP contribution in [0.25, 0.3) is 11.1 Å². The Kier molecular flexibility index (Phi) is 10.7. The Morgan fingerprint density at radius 3 is 2.16 bits per heavy atom. The number of carbonyl (C=O) groups excluding carboxylic acids is 1. The quantitative estimate of drug-likeness (QED) is 0.206. The molecule has 0 spiro atoms. The van der Waals surface area contributed by atoms with E-state index in [2.05, 4.69) is 58.7 Å². The largest absolute Gasteiger partial charge is 0.392 e. The molecule has 0 aliphatic carbocycles. The minimum atomic E-state index is -0.476. The first-order valence-electron chi connectivity index (χ1n) is 16.4. The van der Waals surface area contributed by atoms with Gasteiger partial charge in [0.15, 0.2) is 6.29 Å². The topological polar surface area (TPSA) is 71.0 Å². The van der Waals surface area contributed by atoms with Crippen molar-refractivity contribution in [3.05, 3.63) is 131 Å². The van der Waals surface area contributed by atoms with E-state index < -0.39 is 6.29 Å². The van der Waals surface area contributed by atoms with Gasteiger partial charge in [0.2, 0.25) is 0 Å². The zero-order chi connectivity index (χ0) is 30.8. The molecule has 234 valence electrons. The average Bonchev–Trinajstić information content (AvgIpc) is 3.09. The smallest absolute Gasteiger partial charge is 0.251 e. The van der Waals surface area contributed by atoms with Gasteiger partial charge in [-0.15, -0.1) is 0 Å². The lowest BCUT2D eigenvalue weighted by atomic mass is 9.97. The lowest BCUT2D eigenvalue weighted by Crippen LogP contribution is -2.40. The molecule has 3 atom stereocenters. The molecule has 0 saturated carbocycles. The molecule has 0 aromatic heterocycles. The van der Waals surface area contributed by atoms with E-state index in [1.54, 1.807) is 0 Å². The summed E-state index contributed by atoms with van der Waals surface area (Å²) < 4.78 is 13.3. The zero-order valence-corrected chi connectivity index (χ0v) is 25.9. The zero-order valence-electron chi connectivity index (χ0n) is 25.9. The van der Waals surface area contributed by atoms with E-state index in [1.165, 1.54) is 32.1 Å². The Morgan fingerprint density at radius 2 is 1.42 bits per heavy atom. The van der Waals surface area contributed by atoms with E-state index in [4.69, 9.17) is 9.47 Å². The minimum absolute atomic E-state index is 0.0317. The molecular formula is C39H44N2O4. The summed E-state index contributed by atoms with van der Waals surface area (Å²) in [7, 11) is 0. The van der Waals surface area contributed by atoms with Gasteiger partial charge in [-0.2, -0.15) is 0 Å². The van der Waals surface area contributed by atoms with E-state index in [0.29, 0.717) is 12.1 Å². The normalized spacial score (nSPS) is 21.0. The molecule has 6 heteroatoms. The molecule has 2 N–H and O–H groups in total. The van der Waals surface area contributed by atoms with Gasteiger partial charge in [-0.25, -0.2) is 0 Å². The highest BCUT2D eigenvalue weighted by Crippen LogP contribution is 2.39. The van der Waals surface area contributed by atoms with Crippen LogP contribution in [0.15, 0.2) is 103 Å². The Labute approximate surface area is 267 Å². The van der Waals surface area contributed by atoms with Crippen molar-refractivity contribution < 1.29 is 19.4 Å². The van der Waals surface area contributed by atoms with Crippen LogP contribution in [0.4, 0.5) is 0 Å². The Bertz CT molecular complexity index is 1500. The predicted octanol–water partition coefficient (Wildman–Crippen LogP) is 7.59. The number of nitrogens with zero attached hydrogens (tertiary/aromatic N) is 1. The third-order valence-electron chi connectivity index (χ3n) is 9.01. The summed E-state index contributed by atoms with van der Waals surface area (Å²) in [4.78, 5) is 15.3. The summed E-state index contributed by atoms with van der Waals surface area (Å²) in [5.74, 6) is -0.0850. The lowest BCUT2D eigenvalue weighted by Gasteiger charge is -2.39. The van der Waals surface area contributed by atoms with Gasteiger partial charge in [-0.3, -0.25) is 4.79 Å². The van der Waals surface area contributed by atoms with Crippen LogP contribution >= 0.6 is 0 Å². The number of ether oxygens (including phenoxy) is 2. The van der Waals surface area contributed by atoms with Crippen LogP contribution < -0.4 is 5.32 Å². The highest BCUT2D eigenvalue weighted by atomic mass is 16.7. The van der Waals surface area contributed by atoms with Gasteiger partial charge in [0.25, 0.3) is 5.91 Å². The standard InChI is InChI=1S/C39H44N2O4/c42-28-29-15-17-31(18-16-29)37-25-35(27-41-23-9-2-1-3-10-24-41)44-39(45-37)33-21-19-30(20-22-33)36-14-8-7-13-34(36)26-40-38(43)32-11-5-4-6-12-32/h4-8,11-22,35,37,39,42H,1-3,9-10,23-28H2,(H,40,43). The second-order valence-corrected chi connectivity index (χ2v) is 12.2. The number of benzene rings is 4. The molecule has 2 aliphatic heterocycles. The van der Waals surface area contributed by atoms with Crippen molar-refractivity contribution in [2.24, 2.45) is 0 Å². The van der Waals surface area contributed by atoms with Crippen molar-refractivity contribution in [1.82, 2.24) is 10.2 Å². The molecule has 1 amide bonds. The highest BCUT2D eigenvalue weighted by molar-refractivity contribution is 5.94. The van der Waals surface area contributed by atoms with Gasteiger partial charge < -0.3 is 24.8 Å². The molecule has 0 bridgehead atoms. The highest BCUT2D eigenvalue weighted by Gasteiger charge is 2.33. The van der Waals surface area contributed by atoms with Gasteiger partial charge in [0.1, 0.15) is 0 Å². The summed E-state index contributed by atoms with van der Waals surface area (Å²) in [6.45, 7) is 3.63. The van der Waals surface area contributed by atoms with Crippen molar-refractivity contribution in [2.75, 3.05) is 19.6 Å². The molecular weight excluding hydrogens is 560 g/mol. The SMILES string of the molecule is O=C(NCc1ccccc1-c1ccc(C2OC(CN3CCCCCCC3)CC(c3ccc(CO)cc3)O2)cc1)c1ccccc1. The summed E-state index contributed by atoms with van der Waals surface area (Å²) in [6.07, 6.45) is 6.74. The molecule has 4 aromatic carbocycles. The van der Waals surface area contributed by atoms with Crippen LogP contribution in [0.5, 0.6) is 0 Å². The number of likely N-dealkylation sites (tertiary alicyclic amines) is 1. The Morgan fingerprint density at radius 1 is 0.756 bits per heavy atom. The van der Waals surface area contributed by atoms with Gasteiger partial charge in [-0.05, 0) is 65.9 Å². The third-order valence-corrected chi connectivity index (χ3v) is 9.01. The van der Waals surface area contributed by atoms with Crippen LogP contribution in [-0.4, -0.2) is 41.7 Å². The molecule has 2 heterocycles. The number of aliphatic hydroxyl groups excluding tert-OH is 1. The summed E-state index contributed by atoms with van der Waals surface area (Å²) in [5, 5.41) is 12.6. The maximum absolute atomic E-state index is 12.7. The van der Waals surface area contributed by atoms with Crippen LogP contribution in [0.1, 0.15) is 83.5 Å². The Hall–Kier alpha value is -3.81. The number of aliphatic hydroxyl groups is 1. The van der Waals surface area contributed by atoms with Crippen LogP contribution in [0.2, 0.25) is 0 Å². The van der Waals surface area contributed by atoms with E-state index >= 15 is 0 Å². The van der Waals surface area contributed by atoms with Crippen LogP contribution in [0.3, 0.4) is 0 Å². The molecule has 45 heavy (non-hydrogen) atoms. The first kappa shape index (κ1) is 31.2. The van der Waals surface area contributed by atoms with Crippen molar-refractivity contribution in [3.63, 3.8) is 0 Å². The molecule has 2 aliphatic rings. The van der Waals surface area contributed by atoms with Crippen molar-refractivity contribution >= 4 is 5.91 Å². The van der Waals surface area contributed by atoms with Crippen molar-refractivity contribution in [3.8, 4) is 11.1 Å². The van der Waals surface area contributed by atoms with Gasteiger partial charge in [0, 0.05) is 30.6 Å². The van der Waals surface area contributed by atoms with E-state index in [9.17, 15) is 9.90 Å². The number of hydrogen-bond donors (Lipinski definition) is 2. The molecule has 6 rings (SSSR count). The lowest BCUT2D eigenvalue weighted by molar-refractivity contribution is -0.253. The number of amides is 1. The third kappa shape index (κ3) is 8.27. The van der Waals surface area contributed by atoms with Crippen LogP contribution in [-0.2, 0) is 22.6 Å². The first-order valence-corrected chi connectivity index (χ1v) is 16.4. The van der Waals surface area contributed by atoms with Gasteiger partial charge in [0.05, 0.1) is 18.8 Å². The molecule has 3 unspecified atom stereocenters. The van der Waals surface area contributed by atoms with Gasteiger partial charge in [-0.1, -0.05) is 110 Å². The van der Waals surface area contributed by atoms with Gasteiger partial charge >= 0.3 is 0 Å². The predicted molar refractivity (Wildman–Crippen MR) is 177 cm³/mol. The summed E-state index contributed by atoms with van der Waals surface area (Å²) in [5.41, 5.74) is 6.87. The van der Waals surface area contributed by atoms with E-state index in [-0.39, 0.29) is 24.7 Å². The number of nitrogens with one attached hydrogen (secondary N) is 1. The number of rotatable bonds is 9. The summed E-state index contributed by atoms with van der Waals surface area (Å²) >= 11 is 0. The fraction of sp³-hybridized carbons (Fsp3) is 0.359. The fourth-order valence-electron chi connectivity index (χ4n) is 6.46. The maximum atomic E-state index is 12.7. The Balaban J connectivity index is 1.18. The number of carbonyl (C=O) groups is 1. The summed E-state index contributed by atoms with van der Waals surface area (Å²) in [6, 6.07) is 34.0. The molecule has 2 fully saturated rings. The number of hydrogen-bond acceptors (Lipinski definition) is 5. The molecule has 2 saturated heterocycles. The van der Waals surface area contributed by atoms with Crippen LogP contribution in [0, 0.1) is 0 Å². The fourth-order valence-corrected chi connectivity index (χ4v) is 6.46. The minimum Gasteiger partial charge on any atom is -0.392 e. The molecule has 0 radical (unpaired) electrons. The maximum Gasteiger partial charge on any atom is 0.251 e. The van der Waals surface area contributed by atoms with E-state index in [1.807, 2.05) is 54.6 Å². The van der Waals surface area contributed by atoms with Crippen molar-refractivity contribution in [2.45, 2.75) is 70.2 Å².